The van der Waals surface area contributed by atoms with E-state index < -0.39 is 18.4 Å². The number of aromatic nitrogens is 2. The van der Waals surface area contributed by atoms with Gasteiger partial charge in [0.05, 0.1) is 13.5 Å². The lowest BCUT2D eigenvalue weighted by Crippen LogP contribution is -2.35. The van der Waals surface area contributed by atoms with Gasteiger partial charge in [-0.2, -0.15) is 4.98 Å². The Labute approximate surface area is 289 Å². The lowest BCUT2D eigenvalue weighted by atomic mass is 10.0. The van der Waals surface area contributed by atoms with Gasteiger partial charge in [0.1, 0.15) is 12.3 Å². The van der Waals surface area contributed by atoms with E-state index in [0.29, 0.717) is 28.7 Å². The van der Waals surface area contributed by atoms with Gasteiger partial charge >= 0.3 is 5.97 Å². The minimum Gasteiger partial charge on any atom is -0.496 e. The highest BCUT2D eigenvalue weighted by atomic mass is 16.5. The van der Waals surface area contributed by atoms with Crippen LogP contribution in [0.5, 0.6) is 5.75 Å². The van der Waals surface area contributed by atoms with E-state index in [9.17, 15) is 19.5 Å². The predicted octanol–water partition coefficient (Wildman–Crippen LogP) is 7.30. The van der Waals surface area contributed by atoms with Crippen LogP contribution in [0, 0.1) is 6.92 Å². The summed E-state index contributed by atoms with van der Waals surface area (Å²) in [5, 5.41) is 16.5. The number of nitrogens with one attached hydrogen (secondary N) is 1. The number of para-hydroxylation sites is 1. The molecule has 50 heavy (non-hydrogen) atoms. The molecule has 0 atom stereocenters. The summed E-state index contributed by atoms with van der Waals surface area (Å²) in [6.07, 6.45) is 0.118. The number of anilines is 1. The molecular weight excluding hydrogens is 632 g/mol. The molecule has 0 radical (unpaired) electrons. The van der Waals surface area contributed by atoms with Gasteiger partial charge in [0.25, 0.3) is 11.8 Å². The number of nitrogens with zero attached hydrogens (tertiary/aromatic N) is 3. The number of benzene rings is 5. The Balaban J connectivity index is 1.09. The van der Waals surface area contributed by atoms with E-state index in [2.05, 4.69) is 46.6 Å². The maximum Gasteiger partial charge on any atom is 0.323 e. The van der Waals surface area contributed by atoms with Crippen molar-refractivity contribution in [1.29, 1.82) is 0 Å². The van der Waals surface area contributed by atoms with Crippen molar-refractivity contribution < 1.29 is 28.8 Å². The molecule has 0 saturated carbocycles. The lowest BCUT2D eigenvalue weighted by Gasteiger charge is -2.21. The van der Waals surface area contributed by atoms with Gasteiger partial charge in [-0.05, 0) is 66.1 Å². The fraction of sp³-hybridized carbons (Fsp3) is 0.125. The number of carboxylic acid groups (broad SMARTS) is 1. The summed E-state index contributed by atoms with van der Waals surface area (Å²) >= 11 is 0. The summed E-state index contributed by atoms with van der Waals surface area (Å²) in [5.74, 6) is -0.422. The highest BCUT2D eigenvalue weighted by molar-refractivity contribution is 5.97. The molecule has 10 nitrogen and oxygen atoms in total. The van der Waals surface area contributed by atoms with Crippen LogP contribution in [-0.4, -0.2) is 51.6 Å². The standard InChI is InChI=1S/C40H34N4O6/c1-26-7-11-28(12-8-26)29-15-17-31(18-16-29)39-42-38(43-50-39)30-13-9-27(10-14-30)24-44(25-37(46)47)40(48)32-19-21-34(22-20-32)41-36(45)23-33-5-3-4-6-35(33)49-2/h3-22H,23-25H2,1-2H3,(H,41,45)(H,46,47). The molecule has 0 unspecified atom stereocenters. The Kier molecular flexibility index (Phi) is 10.1. The van der Waals surface area contributed by atoms with Gasteiger partial charge in [0.15, 0.2) is 0 Å². The Morgan fingerprint density at radius 2 is 1.40 bits per heavy atom. The highest BCUT2D eigenvalue weighted by Crippen LogP contribution is 2.27. The van der Waals surface area contributed by atoms with Crippen molar-refractivity contribution in [2.24, 2.45) is 0 Å². The van der Waals surface area contributed by atoms with Crippen molar-refractivity contribution in [3.8, 4) is 39.7 Å². The summed E-state index contributed by atoms with van der Waals surface area (Å²) in [5.41, 5.74) is 7.18. The van der Waals surface area contributed by atoms with E-state index in [-0.39, 0.29) is 24.4 Å². The maximum absolute atomic E-state index is 13.4. The van der Waals surface area contributed by atoms with Crippen molar-refractivity contribution in [1.82, 2.24) is 15.0 Å². The van der Waals surface area contributed by atoms with Gasteiger partial charge in [-0.1, -0.05) is 89.6 Å². The minimum absolute atomic E-state index is 0.0631. The molecule has 2 N–H and O–H groups in total. The van der Waals surface area contributed by atoms with Crippen molar-refractivity contribution >= 4 is 23.5 Å². The third-order valence-corrected chi connectivity index (χ3v) is 8.10. The molecule has 250 valence electrons. The van der Waals surface area contributed by atoms with E-state index in [1.807, 2.05) is 42.5 Å². The Morgan fingerprint density at radius 1 is 0.780 bits per heavy atom. The van der Waals surface area contributed by atoms with Crippen molar-refractivity contribution in [3.05, 3.63) is 144 Å². The largest absolute Gasteiger partial charge is 0.496 e. The predicted molar refractivity (Wildman–Crippen MR) is 189 cm³/mol. The molecule has 2 amide bonds. The number of amides is 2. The number of carbonyl (C=O) groups excluding carboxylic acids is 2. The number of aryl methyl sites for hydroxylation is 1. The van der Waals surface area contributed by atoms with Crippen LogP contribution in [0.4, 0.5) is 5.69 Å². The Bertz CT molecular complexity index is 2110. The molecule has 5 aromatic carbocycles. The van der Waals surface area contributed by atoms with Crippen molar-refractivity contribution in [3.63, 3.8) is 0 Å². The molecule has 1 aromatic heterocycles. The van der Waals surface area contributed by atoms with Crippen LogP contribution in [0.15, 0.2) is 126 Å². The van der Waals surface area contributed by atoms with Gasteiger partial charge in [-0.3, -0.25) is 14.4 Å². The van der Waals surface area contributed by atoms with E-state index >= 15 is 0 Å². The second kappa shape index (κ2) is 15.1. The summed E-state index contributed by atoms with van der Waals surface area (Å²) in [6, 6.07) is 37.0. The second-order valence-electron chi connectivity index (χ2n) is 11.7. The number of carboxylic acids is 1. The molecule has 10 heteroatoms. The first-order valence-electron chi connectivity index (χ1n) is 15.9. The first-order chi connectivity index (χ1) is 24.2. The molecular formula is C40H34N4O6. The molecule has 0 spiro atoms. The SMILES string of the molecule is COc1ccccc1CC(=O)Nc1ccc(C(=O)N(CC(=O)O)Cc2ccc(-c3noc(-c4ccc(-c5ccc(C)cc5)cc4)n3)cc2)cc1. The first-order valence-corrected chi connectivity index (χ1v) is 15.9. The number of rotatable bonds is 12. The Hall–Kier alpha value is -6.55. The van der Waals surface area contributed by atoms with Gasteiger partial charge in [0.2, 0.25) is 11.7 Å². The molecule has 0 bridgehead atoms. The summed E-state index contributed by atoms with van der Waals surface area (Å²) < 4.78 is 10.9. The zero-order valence-electron chi connectivity index (χ0n) is 27.5. The Morgan fingerprint density at radius 3 is 2.06 bits per heavy atom. The topological polar surface area (TPSA) is 135 Å². The van der Waals surface area contributed by atoms with Crippen LogP contribution < -0.4 is 10.1 Å². The third-order valence-electron chi connectivity index (χ3n) is 8.10. The first kappa shape index (κ1) is 33.4. The number of aliphatic carboxylic acids is 1. The zero-order valence-corrected chi connectivity index (χ0v) is 27.5. The second-order valence-corrected chi connectivity index (χ2v) is 11.7. The van der Waals surface area contributed by atoms with Crippen LogP contribution in [0.2, 0.25) is 0 Å². The molecule has 0 aliphatic rings. The monoisotopic (exact) mass is 666 g/mol. The fourth-order valence-electron chi connectivity index (χ4n) is 5.46. The molecule has 0 fully saturated rings. The third kappa shape index (κ3) is 8.11. The molecule has 6 aromatic rings. The normalized spacial score (nSPS) is 10.8. The van der Waals surface area contributed by atoms with Crippen LogP contribution in [0.25, 0.3) is 34.0 Å². The van der Waals surface area contributed by atoms with Gasteiger partial charge < -0.3 is 24.6 Å². The van der Waals surface area contributed by atoms with Crippen LogP contribution >= 0.6 is 0 Å². The van der Waals surface area contributed by atoms with Gasteiger partial charge in [-0.25, -0.2) is 0 Å². The zero-order chi connectivity index (χ0) is 35.0. The summed E-state index contributed by atoms with van der Waals surface area (Å²) in [7, 11) is 1.55. The number of ether oxygens (including phenoxy) is 1. The maximum atomic E-state index is 13.4. The van der Waals surface area contributed by atoms with E-state index in [1.54, 1.807) is 61.7 Å². The minimum atomic E-state index is -1.14. The quantitative estimate of drug-likeness (QED) is 0.139. The lowest BCUT2D eigenvalue weighted by molar-refractivity contribution is -0.137. The summed E-state index contributed by atoms with van der Waals surface area (Å²) in [4.78, 5) is 43.5. The molecule has 6 rings (SSSR count). The highest BCUT2D eigenvalue weighted by Gasteiger charge is 2.20. The van der Waals surface area contributed by atoms with E-state index in [1.165, 1.54) is 10.5 Å². The average molecular weight is 667 g/mol. The molecule has 1 heterocycles. The van der Waals surface area contributed by atoms with Gasteiger partial charge in [-0.15, -0.1) is 0 Å². The molecule has 0 aliphatic carbocycles. The number of methoxy groups -OCH3 is 1. The smallest absolute Gasteiger partial charge is 0.323 e. The van der Waals surface area contributed by atoms with Crippen LogP contribution in [0.3, 0.4) is 0 Å². The van der Waals surface area contributed by atoms with E-state index in [0.717, 1.165) is 27.8 Å². The number of hydrogen-bond acceptors (Lipinski definition) is 7. The fourth-order valence-corrected chi connectivity index (χ4v) is 5.46. The average Bonchev–Trinajstić information content (AvgIpc) is 3.63. The number of hydrogen-bond donors (Lipinski definition) is 2. The summed E-state index contributed by atoms with van der Waals surface area (Å²) in [6.45, 7) is 1.63. The molecule has 0 aliphatic heterocycles. The molecule has 0 saturated heterocycles. The van der Waals surface area contributed by atoms with Crippen molar-refractivity contribution in [2.45, 2.75) is 19.9 Å². The van der Waals surface area contributed by atoms with E-state index in [4.69, 9.17) is 9.26 Å². The van der Waals surface area contributed by atoms with Crippen molar-refractivity contribution in [2.75, 3.05) is 19.0 Å². The van der Waals surface area contributed by atoms with Crippen LogP contribution in [-0.2, 0) is 22.6 Å². The van der Waals surface area contributed by atoms with Gasteiger partial charge in [0, 0.05) is 34.5 Å². The number of carbonyl (C=O) groups is 3. The van der Waals surface area contributed by atoms with Crippen LogP contribution in [0.1, 0.15) is 27.0 Å².